The van der Waals surface area contributed by atoms with Crippen molar-refractivity contribution in [1.29, 1.82) is 0 Å². The summed E-state index contributed by atoms with van der Waals surface area (Å²) in [5, 5.41) is 6.60. The minimum Gasteiger partial charge on any atom is -0.496 e. The van der Waals surface area contributed by atoms with Crippen LogP contribution in [0.2, 0.25) is 0 Å². The Morgan fingerprint density at radius 2 is 1.91 bits per heavy atom. The zero-order chi connectivity index (χ0) is 16.5. The van der Waals surface area contributed by atoms with Gasteiger partial charge in [-0.3, -0.25) is 0 Å². The first-order chi connectivity index (χ1) is 11.2. The van der Waals surface area contributed by atoms with Gasteiger partial charge in [0.25, 0.3) is 0 Å². The van der Waals surface area contributed by atoms with Crippen molar-refractivity contribution >= 4 is 11.8 Å². The highest BCUT2D eigenvalue weighted by molar-refractivity contribution is 5.40. The van der Waals surface area contributed by atoms with Gasteiger partial charge in [0.15, 0.2) is 0 Å². The third-order valence-corrected chi connectivity index (χ3v) is 3.55. The second-order valence-electron chi connectivity index (χ2n) is 5.86. The summed E-state index contributed by atoms with van der Waals surface area (Å²) in [6.07, 6.45) is 3.76. The Balaban J connectivity index is 1.83. The number of nitrogens with zero attached hydrogens (tertiary/aromatic N) is 2. The van der Waals surface area contributed by atoms with Gasteiger partial charge in [-0.05, 0) is 36.5 Å². The zero-order valence-corrected chi connectivity index (χ0v) is 14.2. The van der Waals surface area contributed by atoms with Crippen LogP contribution in [0, 0.1) is 5.92 Å². The van der Waals surface area contributed by atoms with Gasteiger partial charge in [0.05, 0.1) is 7.11 Å². The van der Waals surface area contributed by atoms with Crippen LogP contribution in [0.4, 0.5) is 11.8 Å². The maximum Gasteiger partial charge on any atom is 0.224 e. The van der Waals surface area contributed by atoms with Gasteiger partial charge in [0.1, 0.15) is 11.6 Å². The summed E-state index contributed by atoms with van der Waals surface area (Å²) < 4.78 is 5.37. The molecular weight excluding hydrogens is 288 g/mol. The van der Waals surface area contributed by atoms with Gasteiger partial charge in [-0.1, -0.05) is 32.0 Å². The summed E-state index contributed by atoms with van der Waals surface area (Å²) in [4.78, 5) is 8.73. The summed E-state index contributed by atoms with van der Waals surface area (Å²) in [6, 6.07) is 9.96. The average Bonchev–Trinajstić information content (AvgIpc) is 2.55. The van der Waals surface area contributed by atoms with Crippen molar-refractivity contribution in [1.82, 2.24) is 9.97 Å². The SMILES string of the molecule is COc1ccccc1CCNc1ccnc(NCCC(C)C)n1. The molecule has 2 rings (SSSR count). The molecule has 0 spiro atoms. The molecule has 5 nitrogen and oxygen atoms in total. The van der Waals surface area contributed by atoms with Gasteiger partial charge >= 0.3 is 0 Å². The number of hydrogen-bond acceptors (Lipinski definition) is 5. The first kappa shape index (κ1) is 17.1. The standard InChI is InChI=1S/C18H26N4O/c1-14(2)8-11-20-18-21-13-10-17(22-18)19-12-9-15-6-4-5-7-16(15)23-3/h4-7,10,13-14H,8-9,11-12H2,1-3H3,(H2,19,20,21,22). The predicted octanol–water partition coefficient (Wildman–Crippen LogP) is 3.60. The number of anilines is 2. The predicted molar refractivity (Wildman–Crippen MR) is 95.2 cm³/mol. The van der Waals surface area contributed by atoms with E-state index in [1.165, 1.54) is 5.56 Å². The van der Waals surface area contributed by atoms with Gasteiger partial charge in [-0.2, -0.15) is 4.98 Å². The molecule has 1 aromatic carbocycles. The fourth-order valence-electron chi connectivity index (χ4n) is 2.25. The molecule has 0 unspecified atom stereocenters. The highest BCUT2D eigenvalue weighted by Gasteiger charge is 2.03. The molecule has 0 atom stereocenters. The lowest BCUT2D eigenvalue weighted by atomic mass is 10.1. The lowest BCUT2D eigenvalue weighted by molar-refractivity contribution is 0.410. The Kier molecular flexibility index (Phi) is 6.66. The lowest BCUT2D eigenvalue weighted by Gasteiger charge is -2.11. The number of benzene rings is 1. The molecular formula is C18H26N4O. The first-order valence-corrected chi connectivity index (χ1v) is 8.11. The van der Waals surface area contributed by atoms with E-state index in [0.717, 1.165) is 37.5 Å². The van der Waals surface area contributed by atoms with E-state index in [0.29, 0.717) is 11.9 Å². The topological polar surface area (TPSA) is 59.1 Å². The minimum absolute atomic E-state index is 0.671. The van der Waals surface area contributed by atoms with Crippen LogP contribution >= 0.6 is 0 Å². The van der Waals surface area contributed by atoms with E-state index in [1.807, 2.05) is 24.3 Å². The van der Waals surface area contributed by atoms with Gasteiger partial charge in [0, 0.05) is 19.3 Å². The maximum atomic E-state index is 5.37. The summed E-state index contributed by atoms with van der Waals surface area (Å²) >= 11 is 0. The van der Waals surface area contributed by atoms with Crippen molar-refractivity contribution in [2.45, 2.75) is 26.7 Å². The largest absolute Gasteiger partial charge is 0.496 e. The van der Waals surface area contributed by atoms with Gasteiger partial charge in [0.2, 0.25) is 5.95 Å². The number of hydrogen-bond donors (Lipinski definition) is 2. The van der Waals surface area contributed by atoms with E-state index in [1.54, 1.807) is 13.3 Å². The molecule has 23 heavy (non-hydrogen) atoms. The number of aromatic nitrogens is 2. The number of nitrogens with one attached hydrogen (secondary N) is 2. The van der Waals surface area contributed by atoms with E-state index < -0.39 is 0 Å². The Hall–Kier alpha value is -2.30. The van der Waals surface area contributed by atoms with Crippen molar-refractivity contribution in [3.8, 4) is 5.75 Å². The quantitative estimate of drug-likeness (QED) is 0.740. The molecule has 2 aromatic rings. The zero-order valence-electron chi connectivity index (χ0n) is 14.2. The van der Waals surface area contributed by atoms with E-state index in [-0.39, 0.29) is 0 Å². The summed E-state index contributed by atoms with van der Waals surface area (Å²) in [5.41, 5.74) is 1.19. The molecule has 0 saturated heterocycles. The molecule has 0 aliphatic carbocycles. The summed E-state index contributed by atoms with van der Waals surface area (Å²) in [7, 11) is 1.70. The van der Waals surface area contributed by atoms with Gasteiger partial charge in [-0.25, -0.2) is 4.98 Å². The summed E-state index contributed by atoms with van der Waals surface area (Å²) in [6.45, 7) is 6.10. The van der Waals surface area contributed by atoms with E-state index in [2.05, 4.69) is 40.5 Å². The van der Waals surface area contributed by atoms with Crippen LogP contribution in [-0.2, 0) is 6.42 Å². The molecule has 0 fully saturated rings. The second kappa shape index (κ2) is 8.98. The van der Waals surface area contributed by atoms with Crippen LogP contribution in [0.25, 0.3) is 0 Å². The maximum absolute atomic E-state index is 5.37. The molecule has 0 saturated carbocycles. The molecule has 0 amide bonds. The van der Waals surface area contributed by atoms with Crippen molar-refractivity contribution in [3.05, 3.63) is 42.1 Å². The Morgan fingerprint density at radius 3 is 2.70 bits per heavy atom. The Bertz CT molecular complexity index is 601. The van der Waals surface area contributed by atoms with Crippen LogP contribution in [0.3, 0.4) is 0 Å². The molecule has 2 N–H and O–H groups in total. The van der Waals surface area contributed by atoms with E-state index in [9.17, 15) is 0 Å². The van der Waals surface area contributed by atoms with E-state index >= 15 is 0 Å². The number of methoxy groups -OCH3 is 1. The molecule has 1 aromatic heterocycles. The Morgan fingerprint density at radius 1 is 1.09 bits per heavy atom. The van der Waals surface area contributed by atoms with Gasteiger partial charge < -0.3 is 15.4 Å². The molecule has 0 bridgehead atoms. The minimum atomic E-state index is 0.671. The van der Waals surface area contributed by atoms with Crippen LogP contribution in [0.1, 0.15) is 25.8 Å². The Labute approximate surface area is 138 Å². The van der Waals surface area contributed by atoms with Crippen LogP contribution in [0.5, 0.6) is 5.75 Å². The number of ether oxygens (including phenoxy) is 1. The first-order valence-electron chi connectivity index (χ1n) is 8.11. The average molecular weight is 314 g/mol. The van der Waals surface area contributed by atoms with Crippen LogP contribution < -0.4 is 15.4 Å². The second-order valence-corrected chi connectivity index (χ2v) is 5.86. The van der Waals surface area contributed by atoms with Crippen molar-refractivity contribution < 1.29 is 4.74 Å². The van der Waals surface area contributed by atoms with Crippen molar-refractivity contribution in [3.63, 3.8) is 0 Å². The van der Waals surface area contributed by atoms with Crippen molar-refractivity contribution in [2.75, 3.05) is 30.8 Å². The molecule has 5 heteroatoms. The summed E-state index contributed by atoms with van der Waals surface area (Å²) in [5.74, 6) is 3.10. The van der Waals surface area contributed by atoms with Crippen LogP contribution in [-0.4, -0.2) is 30.2 Å². The third-order valence-electron chi connectivity index (χ3n) is 3.55. The van der Waals surface area contributed by atoms with E-state index in [4.69, 9.17) is 4.74 Å². The van der Waals surface area contributed by atoms with Crippen LogP contribution in [0.15, 0.2) is 36.5 Å². The molecule has 1 heterocycles. The fraction of sp³-hybridized carbons (Fsp3) is 0.444. The number of rotatable bonds is 9. The monoisotopic (exact) mass is 314 g/mol. The molecule has 0 radical (unpaired) electrons. The lowest BCUT2D eigenvalue weighted by Crippen LogP contribution is -2.11. The third kappa shape index (κ3) is 5.77. The fourth-order valence-corrected chi connectivity index (χ4v) is 2.25. The highest BCUT2D eigenvalue weighted by Crippen LogP contribution is 2.17. The van der Waals surface area contributed by atoms with Crippen molar-refractivity contribution in [2.24, 2.45) is 5.92 Å². The normalized spacial score (nSPS) is 10.6. The smallest absolute Gasteiger partial charge is 0.224 e. The molecule has 0 aliphatic rings. The highest BCUT2D eigenvalue weighted by atomic mass is 16.5. The molecule has 124 valence electrons. The van der Waals surface area contributed by atoms with Gasteiger partial charge in [-0.15, -0.1) is 0 Å². The number of para-hydroxylation sites is 1. The molecule has 0 aliphatic heterocycles.